The summed E-state index contributed by atoms with van der Waals surface area (Å²) in [6, 6.07) is 2.88. The molecule has 3 aliphatic rings. The zero-order valence-corrected chi connectivity index (χ0v) is 12.3. The molecule has 20 heavy (non-hydrogen) atoms. The zero-order valence-electron chi connectivity index (χ0n) is 12.3. The summed E-state index contributed by atoms with van der Waals surface area (Å²) in [6.07, 6.45) is 14.4. The van der Waals surface area contributed by atoms with Crippen LogP contribution in [-0.4, -0.2) is 22.6 Å². The van der Waals surface area contributed by atoms with Gasteiger partial charge < -0.3 is 4.90 Å². The zero-order chi connectivity index (χ0) is 13.4. The van der Waals surface area contributed by atoms with Crippen molar-refractivity contribution in [1.29, 1.82) is 0 Å². The predicted molar refractivity (Wildman–Crippen MR) is 81.0 cm³/mol. The van der Waals surface area contributed by atoms with Crippen LogP contribution in [0.25, 0.3) is 0 Å². The summed E-state index contributed by atoms with van der Waals surface area (Å²) < 4.78 is 0. The predicted octanol–water partition coefficient (Wildman–Crippen LogP) is 3.90. The lowest BCUT2D eigenvalue weighted by atomic mass is 9.83. The van der Waals surface area contributed by atoms with E-state index in [9.17, 15) is 0 Å². The summed E-state index contributed by atoms with van der Waals surface area (Å²) in [5.41, 5.74) is 0. The minimum Gasteiger partial charge on any atom is -0.353 e. The Kier molecular flexibility index (Phi) is 3.37. The van der Waals surface area contributed by atoms with Crippen LogP contribution in [0.3, 0.4) is 0 Å². The van der Waals surface area contributed by atoms with Crippen LogP contribution >= 0.6 is 0 Å². The molecule has 0 bridgehead atoms. The van der Waals surface area contributed by atoms with Gasteiger partial charge >= 0.3 is 0 Å². The molecule has 3 fully saturated rings. The summed E-state index contributed by atoms with van der Waals surface area (Å²) in [5, 5.41) is 0. The quantitative estimate of drug-likeness (QED) is 0.835. The van der Waals surface area contributed by atoms with Crippen molar-refractivity contribution in [3.63, 3.8) is 0 Å². The Morgan fingerprint density at radius 3 is 2.60 bits per heavy atom. The van der Waals surface area contributed by atoms with Crippen molar-refractivity contribution in [3.8, 4) is 0 Å². The van der Waals surface area contributed by atoms with Crippen molar-refractivity contribution >= 4 is 5.82 Å². The molecule has 2 aliphatic carbocycles. The number of nitrogens with zero attached hydrogens (tertiary/aromatic N) is 3. The lowest BCUT2D eigenvalue weighted by molar-refractivity contribution is 0.304. The molecule has 1 unspecified atom stereocenters. The Labute approximate surface area is 121 Å². The minimum absolute atomic E-state index is 0.658. The van der Waals surface area contributed by atoms with E-state index in [1.807, 2.05) is 6.20 Å². The molecule has 1 aliphatic heterocycles. The maximum absolute atomic E-state index is 4.88. The second kappa shape index (κ2) is 5.34. The van der Waals surface area contributed by atoms with E-state index in [-0.39, 0.29) is 0 Å². The fourth-order valence-electron chi connectivity index (χ4n) is 4.15. The Bertz CT molecular complexity index is 463. The van der Waals surface area contributed by atoms with Gasteiger partial charge in [-0.3, -0.25) is 0 Å². The molecular weight excluding hydrogens is 246 g/mol. The maximum atomic E-state index is 4.88. The highest BCUT2D eigenvalue weighted by Gasteiger charge is 2.34. The minimum atomic E-state index is 0.658. The second-order valence-corrected chi connectivity index (χ2v) is 6.85. The smallest absolute Gasteiger partial charge is 0.133 e. The molecular formula is C17H25N3. The number of aromatic nitrogens is 2. The van der Waals surface area contributed by atoms with Crippen LogP contribution in [0.2, 0.25) is 0 Å². The van der Waals surface area contributed by atoms with E-state index >= 15 is 0 Å². The van der Waals surface area contributed by atoms with Crippen LogP contribution in [0.15, 0.2) is 12.3 Å². The van der Waals surface area contributed by atoms with Crippen LogP contribution in [-0.2, 0) is 0 Å². The largest absolute Gasteiger partial charge is 0.353 e. The van der Waals surface area contributed by atoms with Gasteiger partial charge in [-0.2, -0.15) is 0 Å². The molecule has 1 saturated heterocycles. The molecule has 2 saturated carbocycles. The summed E-state index contributed by atoms with van der Waals surface area (Å²) in [4.78, 5) is 11.9. The highest BCUT2D eigenvalue weighted by Crippen LogP contribution is 2.40. The van der Waals surface area contributed by atoms with Gasteiger partial charge in [0.2, 0.25) is 0 Å². The van der Waals surface area contributed by atoms with Crippen molar-refractivity contribution < 1.29 is 0 Å². The van der Waals surface area contributed by atoms with E-state index in [0.717, 1.165) is 17.8 Å². The standard InChI is InChI=1S/C17H25N3/c1-2-5-13(6-3-1)15-7-4-12-20(15)16-10-11-18-17(19-16)14-8-9-14/h10-11,13-15H,1-9,12H2. The van der Waals surface area contributed by atoms with Gasteiger partial charge in [-0.25, -0.2) is 9.97 Å². The lowest BCUT2D eigenvalue weighted by Crippen LogP contribution is -2.37. The molecule has 0 radical (unpaired) electrons. The number of hydrogen-bond donors (Lipinski definition) is 0. The van der Waals surface area contributed by atoms with E-state index in [4.69, 9.17) is 4.98 Å². The van der Waals surface area contributed by atoms with Gasteiger partial charge in [-0.1, -0.05) is 19.3 Å². The Hall–Kier alpha value is -1.12. The molecule has 108 valence electrons. The summed E-state index contributed by atoms with van der Waals surface area (Å²) in [5.74, 6) is 3.86. The van der Waals surface area contributed by atoms with Crippen molar-refractivity contribution in [2.75, 3.05) is 11.4 Å². The molecule has 2 heterocycles. The average Bonchev–Trinajstić information content (AvgIpc) is 3.25. The van der Waals surface area contributed by atoms with Gasteiger partial charge in [0.05, 0.1) is 0 Å². The second-order valence-electron chi connectivity index (χ2n) is 6.85. The molecule has 3 heteroatoms. The summed E-state index contributed by atoms with van der Waals surface area (Å²) in [6.45, 7) is 1.20. The van der Waals surface area contributed by atoms with Crippen molar-refractivity contribution in [1.82, 2.24) is 9.97 Å². The van der Waals surface area contributed by atoms with Gasteiger partial charge in [0.25, 0.3) is 0 Å². The SMILES string of the molecule is c1cc(N2CCCC2C2CCCCC2)nc(C2CC2)n1. The Morgan fingerprint density at radius 2 is 1.80 bits per heavy atom. The first-order valence-electron chi connectivity index (χ1n) is 8.51. The molecule has 1 aromatic rings. The highest BCUT2D eigenvalue weighted by molar-refractivity contribution is 5.41. The van der Waals surface area contributed by atoms with Gasteiger partial charge in [0, 0.05) is 24.7 Å². The van der Waals surface area contributed by atoms with Gasteiger partial charge in [-0.05, 0) is 50.5 Å². The molecule has 0 aromatic carbocycles. The normalized spacial score (nSPS) is 28.0. The lowest BCUT2D eigenvalue weighted by Gasteiger charge is -2.34. The van der Waals surface area contributed by atoms with Gasteiger partial charge in [-0.15, -0.1) is 0 Å². The topological polar surface area (TPSA) is 29.0 Å². The summed E-state index contributed by atoms with van der Waals surface area (Å²) in [7, 11) is 0. The van der Waals surface area contributed by atoms with Crippen molar-refractivity contribution in [2.45, 2.75) is 69.7 Å². The van der Waals surface area contributed by atoms with Crippen molar-refractivity contribution in [3.05, 3.63) is 18.1 Å². The Morgan fingerprint density at radius 1 is 0.950 bits per heavy atom. The fraction of sp³-hybridized carbons (Fsp3) is 0.765. The summed E-state index contributed by atoms with van der Waals surface area (Å²) >= 11 is 0. The van der Waals surface area contributed by atoms with E-state index in [1.54, 1.807) is 0 Å². The monoisotopic (exact) mass is 271 g/mol. The number of rotatable bonds is 3. The first-order chi connectivity index (χ1) is 9.92. The third kappa shape index (κ3) is 2.43. The molecule has 0 N–H and O–H groups in total. The van der Waals surface area contributed by atoms with Crippen LogP contribution in [0.5, 0.6) is 0 Å². The number of hydrogen-bond acceptors (Lipinski definition) is 3. The van der Waals surface area contributed by atoms with Crippen LogP contribution in [0.4, 0.5) is 5.82 Å². The molecule has 1 atom stereocenters. The first kappa shape index (κ1) is 12.6. The maximum Gasteiger partial charge on any atom is 0.133 e. The van der Waals surface area contributed by atoms with Crippen LogP contribution in [0.1, 0.15) is 69.5 Å². The average molecular weight is 271 g/mol. The molecule has 4 rings (SSSR count). The van der Waals surface area contributed by atoms with Crippen molar-refractivity contribution in [2.24, 2.45) is 5.92 Å². The highest BCUT2D eigenvalue weighted by atomic mass is 15.2. The molecule has 0 amide bonds. The first-order valence-corrected chi connectivity index (χ1v) is 8.51. The van der Waals surface area contributed by atoms with Gasteiger partial charge in [0.1, 0.15) is 11.6 Å². The third-order valence-electron chi connectivity index (χ3n) is 5.39. The Balaban J connectivity index is 1.54. The van der Waals surface area contributed by atoms with E-state index < -0.39 is 0 Å². The van der Waals surface area contributed by atoms with Gasteiger partial charge in [0.15, 0.2) is 0 Å². The molecule has 3 nitrogen and oxygen atoms in total. The molecule has 0 spiro atoms. The third-order valence-corrected chi connectivity index (χ3v) is 5.39. The van der Waals surface area contributed by atoms with E-state index in [2.05, 4.69) is 16.0 Å². The fourth-order valence-corrected chi connectivity index (χ4v) is 4.15. The van der Waals surface area contributed by atoms with Crippen LogP contribution in [0, 0.1) is 5.92 Å². The van der Waals surface area contributed by atoms with E-state index in [0.29, 0.717) is 5.92 Å². The van der Waals surface area contributed by atoms with E-state index in [1.165, 1.54) is 70.2 Å². The van der Waals surface area contributed by atoms with Crippen LogP contribution < -0.4 is 4.90 Å². The molecule has 1 aromatic heterocycles. The number of anilines is 1.